The maximum atomic E-state index is 11.2. The second kappa shape index (κ2) is 3.47. The molecular weight excluding hydrogens is 192 g/mol. The zero-order valence-corrected chi connectivity index (χ0v) is 8.36. The molecule has 1 fully saturated rings. The van der Waals surface area contributed by atoms with E-state index in [4.69, 9.17) is 0 Å². The van der Waals surface area contributed by atoms with E-state index >= 15 is 0 Å². The Bertz CT molecular complexity index is 350. The Morgan fingerprint density at radius 3 is 2.31 bits per heavy atom. The van der Waals surface area contributed by atoms with Gasteiger partial charge in [0, 0.05) is 18.7 Å². The minimum Gasteiger partial charge on any atom is -0.309 e. The number of carbonyl (C=O) groups excluding carboxylic acids is 1. The van der Waals surface area contributed by atoms with Gasteiger partial charge in [-0.3, -0.25) is 4.79 Å². The van der Waals surface area contributed by atoms with E-state index in [0.717, 1.165) is 11.8 Å². The molecule has 6 heteroatoms. The molecule has 0 aromatic rings. The smallest absolute Gasteiger partial charge is 0.260 e. The van der Waals surface area contributed by atoms with Crippen molar-refractivity contribution < 1.29 is 13.2 Å². The number of amides is 1. The first-order chi connectivity index (χ1) is 5.90. The van der Waals surface area contributed by atoms with E-state index in [-0.39, 0.29) is 0 Å². The lowest BCUT2D eigenvalue weighted by molar-refractivity contribution is -0.115. The molecule has 1 aliphatic heterocycles. The molecule has 1 amide bonds. The third kappa shape index (κ3) is 2.82. The maximum Gasteiger partial charge on any atom is 0.260 e. The summed E-state index contributed by atoms with van der Waals surface area (Å²) in [5.41, 5.74) is 1.45. The highest BCUT2D eigenvalue weighted by Crippen LogP contribution is 2.08. The average molecular weight is 204 g/mol. The minimum absolute atomic E-state index is 0.490. The monoisotopic (exact) mass is 204 g/mol. The lowest BCUT2D eigenvalue weighted by atomic mass is 10.0. The van der Waals surface area contributed by atoms with E-state index < -0.39 is 15.9 Å². The molecular formula is C7H12N2O3S. The molecule has 0 unspecified atom stereocenters. The predicted molar refractivity (Wildman–Crippen MR) is 48.6 cm³/mol. The zero-order valence-electron chi connectivity index (χ0n) is 7.55. The Morgan fingerprint density at radius 1 is 1.46 bits per heavy atom. The highest BCUT2D eigenvalue weighted by Gasteiger charge is 2.17. The molecule has 0 bridgehead atoms. The molecule has 0 aliphatic carbocycles. The highest BCUT2D eigenvalue weighted by molar-refractivity contribution is 7.89. The van der Waals surface area contributed by atoms with Crippen LogP contribution in [0.3, 0.4) is 0 Å². The maximum absolute atomic E-state index is 11.2. The number of hydrogen-bond donors (Lipinski definition) is 2. The van der Waals surface area contributed by atoms with Gasteiger partial charge in [0.2, 0.25) is 10.0 Å². The lowest BCUT2D eigenvalue weighted by Crippen LogP contribution is -2.38. The van der Waals surface area contributed by atoms with Crippen LogP contribution in [0.2, 0.25) is 0 Å². The van der Waals surface area contributed by atoms with Gasteiger partial charge in [-0.15, -0.1) is 0 Å². The Labute approximate surface area is 77.3 Å². The fraction of sp³-hybridized carbons (Fsp3) is 0.571. The summed E-state index contributed by atoms with van der Waals surface area (Å²) in [6.07, 6.45) is 0.960. The summed E-state index contributed by atoms with van der Waals surface area (Å²) in [4.78, 5) is 11.2. The quantitative estimate of drug-likeness (QED) is 0.565. The highest BCUT2D eigenvalue weighted by atomic mass is 32.2. The van der Waals surface area contributed by atoms with E-state index in [9.17, 15) is 13.2 Å². The molecule has 1 aliphatic rings. The van der Waals surface area contributed by atoms with Gasteiger partial charge < -0.3 is 5.32 Å². The lowest BCUT2D eigenvalue weighted by Gasteiger charge is -2.21. The molecule has 5 nitrogen and oxygen atoms in total. The summed E-state index contributed by atoms with van der Waals surface area (Å²) in [6, 6.07) is 0. The molecule has 13 heavy (non-hydrogen) atoms. The Balaban J connectivity index is 2.69. The summed E-state index contributed by atoms with van der Waals surface area (Å²) in [6.45, 7) is 2.96. The van der Waals surface area contributed by atoms with Crippen LogP contribution in [0.1, 0.15) is 6.92 Å². The molecule has 74 valence electrons. The van der Waals surface area contributed by atoms with Crippen molar-refractivity contribution in [1.29, 1.82) is 0 Å². The van der Waals surface area contributed by atoms with Crippen LogP contribution in [-0.4, -0.2) is 33.7 Å². The standard InChI is InChI=1S/C7H12N2O3S/c1-5(6-3-8-4-6)7(10)9-13(2,11)12/h8H,3-4H2,1-2H3,(H,9,10). The van der Waals surface area contributed by atoms with Crippen LogP contribution in [0.4, 0.5) is 0 Å². The fourth-order valence-electron chi connectivity index (χ4n) is 0.921. The van der Waals surface area contributed by atoms with Gasteiger partial charge in [-0.25, -0.2) is 13.1 Å². The van der Waals surface area contributed by atoms with E-state index in [2.05, 4.69) is 5.32 Å². The molecule has 1 rings (SSSR count). The molecule has 1 heterocycles. The van der Waals surface area contributed by atoms with Crippen molar-refractivity contribution in [3.63, 3.8) is 0 Å². The number of sulfonamides is 1. The van der Waals surface area contributed by atoms with Crippen molar-refractivity contribution in [3.05, 3.63) is 11.1 Å². The topological polar surface area (TPSA) is 75.3 Å². The molecule has 0 spiro atoms. The predicted octanol–water partition coefficient (Wildman–Crippen LogP) is -1.02. The van der Waals surface area contributed by atoms with Crippen LogP contribution in [-0.2, 0) is 14.8 Å². The van der Waals surface area contributed by atoms with Gasteiger partial charge in [0.15, 0.2) is 0 Å². The van der Waals surface area contributed by atoms with Gasteiger partial charge >= 0.3 is 0 Å². The molecule has 0 radical (unpaired) electrons. The van der Waals surface area contributed by atoms with Gasteiger partial charge in [0.1, 0.15) is 0 Å². The largest absolute Gasteiger partial charge is 0.309 e. The van der Waals surface area contributed by atoms with Crippen molar-refractivity contribution in [3.8, 4) is 0 Å². The normalized spacial score (nSPS) is 16.3. The third-order valence-electron chi connectivity index (χ3n) is 1.83. The summed E-state index contributed by atoms with van der Waals surface area (Å²) in [5.74, 6) is -0.529. The first-order valence-corrected chi connectivity index (χ1v) is 5.71. The van der Waals surface area contributed by atoms with Gasteiger partial charge in [0.05, 0.1) is 6.26 Å². The van der Waals surface area contributed by atoms with Crippen molar-refractivity contribution in [2.45, 2.75) is 6.92 Å². The number of rotatable bonds is 2. The summed E-state index contributed by atoms with van der Waals surface area (Å²) >= 11 is 0. The van der Waals surface area contributed by atoms with Crippen molar-refractivity contribution in [2.75, 3.05) is 19.3 Å². The SMILES string of the molecule is CC(C(=O)NS(C)(=O)=O)=C1CNC1. The van der Waals surface area contributed by atoms with Crippen LogP contribution >= 0.6 is 0 Å². The third-order valence-corrected chi connectivity index (χ3v) is 2.38. The van der Waals surface area contributed by atoms with E-state index in [1.807, 2.05) is 4.72 Å². The molecule has 0 aromatic carbocycles. The zero-order chi connectivity index (χ0) is 10.1. The molecule has 0 atom stereocenters. The van der Waals surface area contributed by atoms with Crippen molar-refractivity contribution in [1.82, 2.24) is 10.0 Å². The molecule has 1 saturated heterocycles. The Kier molecular flexibility index (Phi) is 2.72. The average Bonchev–Trinajstić information content (AvgIpc) is 1.78. The van der Waals surface area contributed by atoms with Gasteiger partial charge in [-0.05, 0) is 12.5 Å². The number of nitrogens with one attached hydrogen (secondary N) is 2. The Hall–Kier alpha value is -0.880. The molecule has 0 aromatic heterocycles. The van der Waals surface area contributed by atoms with Crippen LogP contribution in [0.5, 0.6) is 0 Å². The fourth-order valence-corrected chi connectivity index (χ4v) is 1.41. The summed E-state index contributed by atoms with van der Waals surface area (Å²) in [5, 5.41) is 2.97. The molecule has 2 N–H and O–H groups in total. The first-order valence-electron chi connectivity index (χ1n) is 3.81. The second-order valence-corrected chi connectivity index (χ2v) is 4.78. The first kappa shape index (κ1) is 10.2. The van der Waals surface area contributed by atoms with E-state index in [1.54, 1.807) is 6.92 Å². The van der Waals surface area contributed by atoms with Crippen LogP contribution in [0, 0.1) is 0 Å². The number of carbonyl (C=O) groups is 1. The van der Waals surface area contributed by atoms with Crippen LogP contribution in [0.25, 0.3) is 0 Å². The van der Waals surface area contributed by atoms with Crippen LogP contribution in [0.15, 0.2) is 11.1 Å². The van der Waals surface area contributed by atoms with Crippen LogP contribution < -0.4 is 10.0 Å². The summed E-state index contributed by atoms with van der Waals surface area (Å²) < 4.78 is 23.3. The van der Waals surface area contributed by atoms with Crippen molar-refractivity contribution >= 4 is 15.9 Å². The Morgan fingerprint density at radius 2 is 2.00 bits per heavy atom. The van der Waals surface area contributed by atoms with E-state index in [0.29, 0.717) is 18.7 Å². The van der Waals surface area contributed by atoms with Gasteiger partial charge in [-0.1, -0.05) is 0 Å². The number of hydrogen-bond acceptors (Lipinski definition) is 4. The van der Waals surface area contributed by atoms with Gasteiger partial charge in [0.25, 0.3) is 5.91 Å². The molecule has 0 saturated carbocycles. The summed E-state index contributed by atoms with van der Waals surface area (Å²) in [7, 11) is -3.44. The second-order valence-electron chi connectivity index (χ2n) is 3.04. The van der Waals surface area contributed by atoms with Gasteiger partial charge in [-0.2, -0.15) is 0 Å². The van der Waals surface area contributed by atoms with E-state index in [1.165, 1.54) is 0 Å². The minimum atomic E-state index is -3.44. The van der Waals surface area contributed by atoms with Crippen molar-refractivity contribution in [2.24, 2.45) is 0 Å².